The molecular weight excluding hydrogens is 330 g/mol. The zero-order valence-corrected chi connectivity index (χ0v) is 16.2. The van der Waals surface area contributed by atoms with Crippen LogP contribution in [0.15, 0.2) is 0 Å². The highest BCUT2D eigenvalue weighted by molar-refractivity contribution is 5.78. The summed E-state index contributed by atoms with van der Waals surface area (Å²) in [6, 6.07) is 0.381. The van der Waals surface area contributed by atoms with Crippen LogP contribution in [0.2, 0.25) is 0 Å². The second-order valence-corrected chi connectivity index (χ2v) is 8.25. The number of hydrogen-bond acceptors (Lipinski definition) is 4. The van der Waals surface area contributed by atoms with Gasteiger partial charge in [-0.25, -0.2) is 0 Å². The molecule has 2 aliphatic heterocycles. The quantitative estimate of drug-likeness (QED) is 0.580. The van der Waals surface area contributed by atoms with Gasteiger partial charge >= 0.3 is 0 Å². The van der Waals surface area contributed by atoms with Crippen molar-refractivity contribution in [3.8, 4) is 12.3 Å². The highest BCUT2D eigenvalue weighted by Crippen LogP contribution is 2.26. The molecule has 2 amide bonds. The maximum Gasteiger partial charge on any atom is 0.258 e. The van der Waals surface area contributed by atoms with Crippen LogP contribution >= 0.6 is 0 Å². The van der Waals surface area contributed by atoms with Gasteiger partial charge in [0, 0.05) is 24.9 Å². The zero-order chi connectivity index (χ0) is 19.2. The molecule has 0 spiro atoms. The minimum absolute atomic E-state index is 0.107. The lowest BCUT2D eigenvalue weighted by atomic mass is 9.93. The Morgan fingerprint density at radius 3 is 2.50 bits per heavy atom. The van der Waals surface area contributed by atoms with Crippen LogP contribution in [0.1, 0.15) is 46.0 Å². The monoisotopic (exact) mass is 363 g/mol. The Kier molecular flexibility index (Phi) is 7.48. The molecular formula is C20H33N3O3. The van der Waals surface area contributed by atoms with Crippen LogP contribution in [0, 0.1) is 24.2 Å². The van der Waals surface area contributed by atoms with Crippen LogP contribution in [0.5, 0.6) is 0 Å². The standard InChI is InChI=1S/C20H33N3O3/c1-4-12-23(20(25)26)13-5-6-18(9-14-23)22-10-7-17(8-11-22)19(24)21-15-16(2)3/h1,16-18H,5-15H2,2-3H3,(H-,21,24,25,26). The summed E-state index contributed by atoms with van der Waals surface area (Å²) in [5, 5.41) is 14.7. The number of terminal acetylenes is 1. The zero-order valence-electron chi connectivity index (χ0n) is 16.2. The summed E-state index contributed by atoms with van der Waals surface area (Å²) >= 11 is 0. The maximum absolute atomic E-state index is 12.2. The van der Waals surface area contributed by atoms with E-state index in [2.05, 4.69) is 30.0 Å². The van der Waals surface area contributed by atoms with Gasteiger partial charge in [-0.2, -0.15) is 0 Å². The van der Waals surface area contributed by atoms with Gasteiger partial charge in [-0.15, -0.1) is 6.42 Å². The van der Waals surface area contributed by atoms with Crippen LogP contribution < -0.4 is 10.4 Å². The van der Waals surface area contributed by atoms with E-state index in [1.807, 2.05) is 0 Å². The number of nitrogens with one attached hydrogen (secondary N) is 1. The Balaban J connectivity index is 1.85. The van der Waals surface area contributed by atoms with E-state index in [1.54, 1.807) is 0 Å². The number of rotatable bonds is 5. The Labute approximate surface area is 157 Å². The predicted molar refractivity (Wildman–Crippen MR) is 98.9 cm³/mol. The molecule has 0 saturated carbocycles. The smallest absolute Gasteiger partial charge is 0.258 e. The fourth-order valence-electron chi connectivity index (χ4n) is 4.20. The van der Waals surface area contributed by atoms with E-state index in [0.717, 1.165) is 51.7 Å². The summed E-state index contributed by atoms with van der Waals surface area (Å²) in [5.41, 5.74) is 0. The van der Waals surface area contributed by atoms with Crippen molar-refractivity contribution in [2.45, 2.75) is 52.0 Å². The fraction of sp³-hybridized carbons (Fsp3) is 0.800. The number of carbonyl (C=O) groups is 2. The van der Waals surface area contributed by atoms with Crippen LogP contribution in [0.25, 0.3) is 0 Å². The minimum Gasteiger partial charge on any atom is -0.498 e. The lowest BCUT2D eigenvalue weighted by Crippen LogP contribution is -2.59. The summed E-state index contributed by atoms with van der Waals surface area (Å²) in [6.45, 7) is 8.03. The van der Waals surface area contributed by atoms with Gasteiger partial charge < -0.3 is 20.1 Å². The average Bonchev–Trinajstić information content (AvgIpc) is 2.84. The van der Waals surface area contributed by atoms with Crippen molar-refractivity contribution in [3.05, 3.63) is 0 Å². The predicted octanol–water partition coefficient (Wildman–Crippen LogP) is 0.816. The molecule has 2 unspecified atom stereocenters. The first kappa shape index (κ1) is 20.7. The van der Waals surface area contributed by atoms with Gasteiger partial charge in [-0.05, 0) is 50.6 Å². The summed E-state index contributed by atoms with van der Waals surface area (Å²) in [5.74, 6) is 3.27. The molecule has 6 heteroatoms. The highest BCUT2D eigenvalue weighted by Gasteiger charge is 2.36. The molecule has 2 saturated heterocycles. The largest absolute Gasteiger partial charge is 0.498 e. The number of likely N-dealkylation sites (tertiary alicyclic amines) is 2. The molecule has 146 valence electrons. The highest BCUT2D eigenvalue weighted by atomic mass is 16.4. The number of hydrogen-bond donors (Lipinski definition) is 1. The normalized spacial score (nSPS) is 28.3. The van der Waals surface area contributed by atoms with Gasteiger partial charge in [0.25, 0.3) is 6.09 Å². The molecule has 0 aromatic heterocycles. The second kappa shape index (κ2) is 9.38. The molecule has 2 atom stereocenters. The Hall–Kier alpha value is -1.58. The Morgan fingerprint density at radius 1 is 1.23 bits per heavy atom. The average molecular weight is 364 g/mol. The molecule has 2 fully saturated rings. The number of piperidine rings is 1. The summed E-state index contributed by atoms with van der Waals surface area (Å²) in [7, 11) is 0. The van der Waals surface area contributed by atoms with Crippen LogP contribution in [-0.2, 0) is 4.79 Å². The van der Waals surface area contributed by atoms with Crippen molar-refractivity contribution in [2.75, 3.05) is 39.3 Å². The van der Waals surface area contributed by atoms with Crippen LogP contribution in [0.3, 0.4) is 0 Å². The molecule has 0 aliphatic carbocycles. The van der Waals surface area contributed by atoms with E-state index in [1.165, 1.54) is 0 Å². The second-order valence-electron chi connectivity index (χ2n) is 8.25. The van der Waals surface area contributed by atoms with E-state index >= 15 is 0 Å². The van der Waals surface area contributed by atoms with Gasteiger partial charge in [0.05, 0.1) is 13.1 Å². The van der Waals surface area contributed by atoms with E-state index in [0.29, 0.717) is 25.0 Å². The molecule has 0 aromatic rings. The number of carbonyl (C=O) groups excluding carboxylic acids is 2. The Morgan fingerprint density at radius 2 is 1.92 bits per heavy atom. The molecule has 6 nitrogen and oxygen atoms in total. The molecule has 0 aromatic carbocycles. The first-order valence-electron chi connectivity index (χ1n) is 9.91. The van der Waals surface area contributed by atoms with Crippen molar-refractivity contribution in [3.63, 3.8) is 0 Å². The van der Waals surface area contributed by atoms with Crippen molar-refractivity contribution < 1.29 is 19.2 Å². The Bertz CT molecular complexity index is 535. The van der Waals surface area contributed by atoms with Crippen LogP contribution in [-0.4, -0.2) is 66.7 Å². The third-order valence-electron chi connectivity index (χ3n) is 5.90. The number of amides is 2. The minimum atomic E-state index is -1.05. The van der Waals surface area contributed by atoms with E-state index in [9.17, 15) is 14.7 Å². The van der Waals surface area contributed by atoms with E-state index in [4.69, 9.17) is 6.42 Å². The molecule has 2 rings (SSSR count). The van der Waals surface area contributed by atoms with Gasteiger partial charge in [0.2, 0.25) is 5.91 Å². The lowest BCUT2D eigenvalue weighted by Gasteiger charge is -2.38. The van der Waals surface area contributed by atoms with Crippen LogP contribution in [0.4, 0.5) is 4.79 Å². The van der Waals surface area contributed by atoms with Crippen molar-refractivity contribution >= 4 is 12.0 Å². The van der Waals surface area contributed by atoms with Crippen molar-refractivity contribution in [2.24, 2.45) is 11.8 Å². The molecule has 1 N–H and O–H groups in total. The summed E-state index contributed by atoms with van der Waals surface area (Å²) in [6.07, 6.45) is 8.75. The summed E-state index contributed by atoms with van der Waals surface area (Å²) in [4.78, 5) is 26.3. The van der Waals surface area contributed by atoms with Gasteiger partial charge in [0.15, 0.2) is 0 Å². The van der Waals surface area contributed by atoms with Gasteiger partial charge in [-0.3, -0.25) is 9.28 Å². The summed E-state index contributed by atoms with van der Waals surface area (Å²) < 4.78 is -0.110. The SMILES string of the molecule is C#CC[N+]1(C(=O)[O-])CCCC(N2CCC(C(=O)NCC(C)C)CC2)CC1. The van der Waals surface area contributed by atoms with E-state index < -0.39 is 6.09 Å². The number of quaternary nitrogens is 1. The first-order valence-corrected chi connectivity index (χ1v) is 9.91. The first-order chi connectivity index (χ1) is 12.4. The van der Waals surface area contributed by atoms with Gasteiger partial charge in [-0.1, -0.05) is 13.8 Å². The lowest BCUT2D eigenvalue weighted by molar-refractivity contribution is -0.868. The number of carboxylic acid groups (broad SMARTS) is 1. The van der Waals surface area contributed by atoms with Crippen molar-refractivity contribution in [1.29, 1.82) is 0 Å². The fourth-order valence-corrected chi connectivity index (χ4v) is 4.20. The molecule has 0 bridgehead atoms. The molecule has 0 radical (unpaired) electrons. The maximum atomic E-state index is 12.2. The van der Waals surface area contributed by atoms with E-state index in [-0.39, 0.29) is 22.9 Å². The van der Waals surface area contributed by atoms with Gasteiger partial charge in [0.1, 0.15) is 6.54 Å². The van der Waals surface area contributed by atoms with Crippen molar-refractivity contribution in [1.82, 2.24) is 10.2 Å². The third kappa shape index (κ3) is 5.21. The molecule has 26 heavy (non-hydrogen) atoms. The molecule has 2 heterocycles. The third-order valence-corrected chi connectivity index (χ3v) is 5.90. The molecule has 2 aliphatic rings. The number of nitrogens with zero attached hydrogens (tertiary/aromatic N) is 2. The topological polar surface area (TPSA) is 72.5 Å².